The van der Waals surface area contributed by atoms with E-state index in [2.05, 4.69) is 12.2 Å². The second-order valence-electron chi connectivity index (χ2n) is 4.57. The fraction of sp³-hybridized carbons (Fsp3) is 0.571. The molecule has 0 bridgehead atoms. The summed E-state index contributed by atoms with van der Waals surface area (Å²) in [6.45, 7) is 2.26. The highest BCUT2D eigenvalue weighted by Gasteiger charge is 2.24. The van der Waals surface area contributed by atoms with Crippen LogP contribution in [0.3, 0.4) is 0 Å². The van der Waals surface area contributed by atoms with E-state index in [0.717, 1.165) is 34.9 Å². The number of hydrogen-bond donors (Lipinski definition) is 2. The van der Waals surface area contributed by atoms with Crippen molar-refractivity contribution in [2.24, 2.45) is 0 Å². The zero-order valence-corrected chi connectivity index (χ0v) is 13.7. The van der Waals surface area contributed by atoms with Gasteiger partial charge in [-0.1, -0.05) is 30.1 Å². The summed E-state index contributed by atoms with van der Waals surface area (Å²) in [5.74, 6) is 0.962. The van der Waals surface area contributed by atoms with Gasteiger partial charge in [-0.2, -0.15) is 0 Å². The van der Waals surface area contributed by atoms with Crippen LogP contribution in [0, 0.1) is 0 Å². The number of likely N-dealkylation sites (N-methyl/N-ethyl adjacent to an activating group) is 1. The molecule has 0 aromatic heterocycles. The van der Waals surface area contributed by atoms with Gasteiger partial charge in [0.1, 0.15) is 0 Å². The van der Waals surface area contributed by atoms with Crippen LogP contribution in [0.1, 0.15) is 26.2 Å². The van der Waals surface area contributed by atoms with Crippen molar-refractivity contribution < 1.29 is 5.11 Å². The van der Waals surface area contributed by atoms with Crippen molar-refractivity contribution in [1.29, 1.82) is 0 Å². The highest BCUT2D eigenvalue weighted by atomic mass is 35.5. The first kappa shape index (κ1) is 17.1. The van der Waals surface area contributed by atoms with E-state index < -0.39 is 0 Å². The Hall–Kier alpha value is 0.0700. The molecule has 5 heteroatoms. The molecule has 2 N–H and O–H groups in total. The van der Waals surface area contributed by atoms with Gasteiger partial charge in [-0.05, 0) is 50.3 Å². The van der Waals surface area contributed by atoms with Gasteiger partial charge in [-0.25, -0.2) is 0 Å². The van der Waals surface area contributed by atoms with E-state index in [0.29, 0.717) is 5.02 Å². The van der Waals surface area contributed by atoms with Gasteiger partial charge in [-0.3, -0.25) is 0 Å². The molecule has 0 fully saturated rings. The largest absolute Gasteiger partial charge is 0.394 e. The summed E-state index contributed by atoms with van der Waals surface area (Å²) in [7, 11) is 1.90. The maximum Gasteiger partial charge on any atom is 0.0613 e. The van der Waals surface area contributed by atoms with Gasteiger partial charge >= 0.3 is 0 Å². The minimum absolute atomic E-state index is 0.154. The number of nitrogens with one attached hydrogen (secondary N) is 1. The summed E-state index contributed by atoms with van der Waals surface area (Å²) < 4.78 is 0. The molecular formula is C14H21Cl2NOS. The summed E-state index contributed by atoms with van der Waals surface area (Å²) >= 11 is 13.8. The molecule has 2 nitrogen and oxygen atoms in total. The predicted octanol–water partition coefficient (Wildman–Crippen LogP) is 4.23. The molecule has 0 aliphatic heterocycles. The second-order valence-corrected chi connectivity index (χ2v) is 6.55. The molecule has 1 rings (SSSR count). The number of thioether (sulfide) groups is 1. The first-order chi connectivity index (χ1) is 9.06. The van der Waals surface area contributed by atoms with Gasteiger partial charge in [0.25, 0.3) is 0 Å². The molecule has 0 radical (unpaired) electrons. The lowest BCUT2D eigenvalue weighted by Crippen LogP contribution is -2.45. The molecule has 0 aliphatic carbocycles. The SMILES string of the molecule is CCC(CO)(CCCSc1cc(Cl)ccc1Cl)NC. The van der Waals surface area contributed by atoms with Crippen molar-refractivity contribution in [3.05, 3.63) is 28.2 Å². The lowest BCUT2D eigenvalue weighted by Gasteiger charge is -2.30. The Labute approximate surface area is 129 Å². The van der Waals surface area contributed by atoms with Crippen LogP contribution in [0.15, 0.2) is 23.1 Å². The Kier molecular flexibility index (Phi) is 7.55. The average molecular weight is 322 g/mol. The van der Waals surface area contributed by atoms with Crippen LogP contribution >= 0.6 is 35.0 Å². The minimum Gasteiger partial charge on any atom is -0.394 e. The Bertz CT molecular complexity index is 389. The number of benzene rings is 1. The highest BCUT2D eigenvalue weighted by molar-refractivity contribution is 7.99. The van der Waals surface area contributed by atoms with E-state index in [1.165, 1.54) is 0 Å². The molecule has 0 saturated heterocycles. The molecular weight excluding hydrogens is 301 g/mol. The van der Waals surface area contributed by atoms with Gasteiger partial charge in [-0.15, -0.1) is 11.8 Å². The zero-order valence-electron chi connectivity index (χ0n) is 11.4. The lowest BCUT2D eigenvalue weighted by molar-refractivity contribution is 0.154. The van der Waals surface area contributed by atoms with Gasteiger partial charge in [0.2, 0.25) is 0 Å². The van der Waals surface area contributed by atoms with Crippen LogP contribution in [0.25, 0.3) is 0 Å². The number of halogens is 2. The van der Waals surface area contributed by atoms with Crippen molar-refractivity contribution in [3.63, 3.8) is 0 Å². The first-order valence-electron chi connectivity index (χ1n) is 6.44. The Morgan fingerprint density at radius 3 is 2.68 bits per heavy atom. The predicted molar refractivity (Wildman–Crippen MR) is 85.6 cm³/mol. The average Bonchev–Trinajstić information content (AvgIpc) is 2.43. The van der Waals surface area contributed by atoms with Crippen LogP contribution in [0.5, 0.6) is 0 Å². The van der Waals surface area contributed by atoms with Crippen molar-refractivity contribution in [2.75, 3.05) is 19.4 Å². The summed E-state index contributed by atoms with van der Waals surface area (Å²) in [4.78, 5) is 1.02. The topological polar surface area (TPSA) is 32.3 Å². The fourth-order valence-corrected chi connectivity index (χ4v) is 3.37. The normalized spacial score (nSPS) is 14.4. The van der Waals surface area contributed by atoms with Crippen molar-refractivity contribution in [2.45, 2.75) is 36.6 Å². The smallest absolute Gasteiger partial charge is 0.0613 e. The van der Waals surface area contributed by atoms with E-state index in [1.807, 2.05) is 19.2 Å². The van der Waals surface area contributed by atoms with Crippen LogP contribution in [0.4, 0.5) is 0 Å². The summed E-state index contributed by atoms with van der Waals surface area (Å²) in [5, 5.41) is 14.1. The first-order valence-corrected chi connectivity index (χ1v) is 8.18. The van der Waals surface area contributed by atoms with Crippen LogP contribution in [0.2, 0.25) is 10.0 Å². The Balaban J connectivity index is 2.44. The minimum atomic E-state index is -0.154. The fourth-order valence-electron chi connectivity index (χ4n) is 1.93. The van der Waals surface area contributed by atoms with E-state index in [9.17, 15) is 5.11 Å². The molecule has 1 unspecified atom stereocenters. The monoisotopic (exact) mass is 321 g/mol. The molecule has 1 atom stereocenters. The van der Waals surface area contributed by atoms with Gasteiger partial charge in [0, 0.05) is 15.5 Å². The molecule has 108 valence electrons. The molecule has 0 spiro atoms. The molecule has 0 aliphatic rings. The lowest BCUT2D eigenvalue weighted by atomic mass is 9.92. The quantitative estimate of drug-likeness (QED) is 0.555. The molecule has 1 aromatic carbocycles. The number of aliphatic hydroxyl groups excluding tert-OH is 1. The highest BCUT2D eigenvalue weighted by Crippen LogP contribution is 2.31. The maximum absolute atomic E-state index is 9.47. The summed E-state index contributed by atoms with van der Waals surface area (Å²) in [5.41, 5.74) is -0.154. The van der Waals surface area contributed by atoms with Gasteiger partial charge < -0.3 is 10.4 Å². The molecule has 0 saturated carbocycles. The van der Waals surface area contributed by atoms with Gasteiger partial charge in [0.05, 0.1) is 11.6 Å². The second kappa shape index (κ2) is 8.38. The zero-order chi connectivity index (χ0) is 14.3. The standard InChI is InChI=1S/C14H21Cl2NOS/c1-3-14(10-18,17-2)7-4-8-19-13-9-11(15)5-6-12(13)16/h5-6,9,17-18H,3-4,7-8,10H2,1-2H3. The van der Waals surface area contributed by atoms with E-state index >= 15 is 0 Å². The molecule has 1 aromatic rings. The van der Waals surface area contributed by atoms with Crippen LogP contribution < -0.4 is 5.32 Å². The van der Waals surface area contributed by atoms with E-state index in [4.69, 9.17) is 23.2 Å². The number of rotatable bonds is 8. The number of aliphatic hydroxyl groups is 1. The van der Waals surface area contributed by atoms with E-state index in [1.54, 1.807) is 17.8 Å². The Morgan fingerprint density at radius 1 is 1.37 bits per heavy atom. The molecule has 0 amide bonds. The third-order valence-electron chi connectivity index (χ3n) is 3.46. The third kappa shape index (κ3) is 5.16. The molecule has 19 heavy (non-hydrogen) atoms. The van der Waals surface area contributed by atoms with E-state index in [-0.39, 0.29) is 12.1 Å². The summed E-state index contributed by atoms with van der Waals surface area (Å²) in [6.07, 6.45) is 2.88. The Morgan fingerprint density at radius 2 is 2.11 bits per heavy atom. The van der Waals surface area contributed by atoms with Crippen molar-refractivity contribution in [3.8, 4) is 0 Å². The summed E-state index contributed by atoms with van der Waals surface area (Å²) in [6, 6.07) is 5.51. The third-order valence-corrected chi connectivity index (χ3v) is 5.28. The van der Waals surface area contributed by atoms with Crippen molar-refractivity contribution >= 4 is 35.0 Å². The van der Waals surface area contributed by atoms with Crippen LogP contribution in [-0.4, -0.2) is 30.1 Å². The van der Waals surface area contributed by atoms with Crippen molar-refractivity contribution in [1.82, 2.24) is 5.32 Å². The molecule has 0 heterocycles. The maximum atomic E-state index is 9.47. The van der Waals surface area contributed by atoms with Crippen LogP contribution in [-0.2, 0) is 0 Å². The number of hydrogen-bond acceptors (Lipinski definition) is 3. The van der Waals surface area contributed by atoms with Gasteiger partial charge in [0.15, 0.2) is 0 Å².